The molecule has 0 bridgehead atoms. The number of ether oxygens (including phenoxy) is 1. The van der Waals surface area contributed by atoms with Crippen LogP contribution in [0, 0.1) is 18.2 Å². The molecule has 0 amide bonds. The number of rotatable bonds is 10. The zero-order valence-corrected chi connectivity index (χ0v) is 28.0. The van der Waals surface area contributed by atoms with Gasteiger partial charge in [-0.3, -0.25) is 14.7 Å². The Bertz CT molecular complexity index is 1710. The number of benzene rings is 1. The van der Waals surface area contributed by atoms with Gasteiger partial charge in [-0.15, -0.1) is 15.7 Å². The minimum atomic E-state index is -3.76. The van der Waals surface area contributed by atoms with Crippen molar-refractivity contribution in [2.45, 2.75) is 39.8 Å². The van der Waals surface area contributed by atoms with Gasteiger partial charge in [0.1, 0.15) is 11.9 Å². The van der Waals surface area contributed by atoms with Crippen LogP contribution in [0.15, 0.2) is 50.4 Å². The number of guanidine groups is 1. The molecule has 0 saturated carbocycles. The minimum absolute atomic E-state index is 0.0751. The summed E-state index contributed by atoms with van der Waals surface area (Å²) in [5.41, 5.74) is 0.587. The van der Waals surface area contributed by atoms with Gasteiger partial charge in [0.15, 0.2) is 10.8 Å². The number of hydrogen-bond donors (Lipinski definition) is 2. The van der Waals surface area contributed by atoms with Crippen molar-refractivity contribution in [3.63, 3.8) is 0 Å². The Balaban J connectivity index is 1.49. The van der Waals surface area contributed by atoms with Crippen molar-refractivity contribution in [1.82, 2.24) is 25.0 Å². The fraction of sp³-hybridized carbons (Fsp3) is 0.500. The standard InChI is InChI=1S/C30H38FN7O6S2/c1-6-44-27(39)23-22(33-25(26-32-10-13-45-26)34-24(23)20-8-7-9-21(31)18(20)2)16-36-11-12-38-19(14-36)15-37(17-30(3,4)28(40)41)29(38)35-46(5,42)43/h7-10,13,19,24H,6,11-12,14-17H2,1-5H3,(H,33,34)(H,40,41)/t19?,24-/m0/s1. The number of piperazine rings is 1. The molecule has 2 aromatic rings. The van der Waals surface area contributed by atoms with Crippen LogP contribution in [-0.2, 0) is 24.3 Å². The molecule has 2 N–H and O–H groups in total. The van der Waals surface area contributed by atoms with Gasteiger partial charge in [-0.05, 0) is 44.9 Å². The number of carboxylic acids is 1. The molecule has 248 valence electrons. The third-order valence-corrected chi connectivity index (χ3v) is 9.47. The van der Waals surface area contributed by atoms with Crippen molar-refractivity contribution in [2.24, 2.45) is 14.8 Å². The summed E-state index contributed by atoms with van der Waals surface area (Å²) >= 11 is 1.38. The molecule has 0 spiro atoms. The van der Waals surface area contributed by atoms with E-state index in [0.29, 0.717) is 53.8 Å². The number of aromatic nitrogens is 1. The summed E-state index contributed by atoms with van der Waals surface area (Å²) in [5, 5.41) is 15.5. The van der Waals surface area contributed by atoms with Gasteiger partial charge in [0, 0.05) is 56.5 Å². The van der Waals surface area contributed by atoms with Crippen molar-refractivity contribution in [2.75, 3.05) is 52.1 Å². The molecule has 46 heavy (non-hydrogen) atoms. The molecule has 4 heterocycles. The monoisotopic (exact) mass is 675 g/mol. The number of nitrogens with zero attached hydrogens (tertiary/aromatic N) is 6. The van der Waals surface area contributed by atoms with Crippen molar-refractivity contribution >= 4 is 45.1 Å². The Labute approximate surface area is 271 Å². The number of carboxylic acid groups (broad SMARTS) is 1. The Morgan fingerprint density at radius 1 is 1.26 bits per heavy atom. The van der Waals surface area contributed by atoms with Gasteiger partial charge >= 0.3 is 11.9 Å². The summed E-state index contributed by atoms with van der Waals surface area (Å²) < 4.78 is 48.8. The second-order valence-corrected chi connectivity index (χ2v) is 14.7. The predicted molar refractivity (Wildman–Crippen MR) is 172 cm³/mol. The van der Waals surface area contributed by atoms with Gasteiger partial charge in [0.05, 0.1) is 29.9 Å². The molecule has 0 aliphatic carbocycles. The van der Waals surface area contributed by atoms with Gasteiger partial charge in [0.2, 0.25) is 5.96 Å². The number of amidine groups is 1. The first-order chi connectivity index (χ1) is 21.7. The molecule has 2 fully saturated rings. The van der Waals surface area contributed by atoms with Gasteiger partial charge < -0.3 is 25.0 Å². The van der Waals surface area contributed by atoms with Crippen molar-refractivity contribution in [3.8, 4) is 0 Å². The number of carbonyl (C=O) groups excluding carboxylic acids is 1. The average Bonchev–Trinajstić information content (AvgIpc) is 3.62. The lowest BCUT2D eigenvalue weighted by Gasteiger charge is -2.39. The summed E-state index contributed by atoms with van der Waals surface area (Å²) in [6, 6.07) is 3.67. The predicted octanol–water partition coefficient (Wildman–Crippen LogP) is 2.23. The highest BCUT2D eigenvalue weighted by atomic mass is 32.2. The van der Waals surface area contributed by atoms with E-state index in [1.807, 2.05) is 10.3 Å². The number of carbonyl (C=O) groups is 2. The highest BCUT2D eigenvalue weighted by molar-refractivity contribution is 7.89. The SMILES string of the molecule is CCOC(=O)C1=C(CN2CCN3C(=NS(C)(=O)=O)N(CC(C)(C)C(=O)O)CC3C2)NC(c2nccs2)=N[C@H]1c1cccc(F)c1C. The van der Waals surface area contributed by atoms with E-state index in [9.17, 15) is 27.5 Å². The fourth-order valence-electron chi connectivity index (χ4n) is 5.93. The van der Waals surface area contributed by atoms with Crippen LogP contribution in [0.1, 0.15) is 42.9 Å². The average molecular weight is 676 g/mol. The van der Waals surface area contributed by atoms with Gasteiger partial charge in [-0.25, -0.2) is 22.6 Å². The van der Waals surface area contributed by atoms with Crippen LogP contribution >= 0.6 is 11.3 Å². The van der Waals surface area contributed by atoms with Crippen LogP contribution in [0.3, 0.4) is 0 Å². The van der Waals surface area contributed by atoms with Crippen molar-refractivity contribution < 1.29 is 32.2 Å². The molecule has 16 heteroatoms. The Hall–Kier alpha value is -3.89. The maximum Gasteiger partial charge on any atom is 0.338 e. The molecule has 3 aliphatic rings. The summed E-state index contributed by atoms with van der Waals surface area (Å²) in [6.45, 7) is 8.80. The molecule has 5 rings (SSSR count). The lowest BCUT2D eigenvalue weighted by Crippen LogP contribution is -2.54. The van der Waals surface area contributed by atoms with E-state index in [-0.39, 0.29) is 37.3 Å². The summed E-state index contributed by atoms with van der Waals surface area (Å²) in [6.07, 6.45) is 2.67. The molecule has 1 aromatic heterocycles. The minimum Gasteiger partial charge on any atom is -0.481 e. The van der Waals surface area contributed by atoms with Gasteiger partial charge in [-0.1, -0.05) is 12.1 Å². The van der Waals surface area contributed by atoms with E-state index in [1.165, 1.54) is 17.4 Å². The third kappa shape index (κ3) is 7.08. The van der Waals surface area contributed by atoms with E-state index >= 15 is 0 Å². The van der Waals surface area contributed by atoms with E-state index in [4.69, 9.17) is 9.73 Å². The molecule has 3 aliphatic heterocycles. The lowest BCUT2D eigenvalue weighted by atomic mass is 9.92. The number of nitrogens with one attached hydrogen (secondary N) is 1. The van der Waals surface area contributed by atoms with Crippen LogP contribution < -0.4 is 5.32 Å². The number of esters is 1. The van der Waals surface area contributed by atoms with Crippen LogP contribution in [0.25, 0.3) is 0 Å². The fourth-order valence-corrected chi connectivity index (χ4v) is 7.03. The normalized spacial score (nSPS) is 21.7. The number of sulfonamides is 1. The Kier molecular flexibility index (Phi) is 9.52. The number of hydrogen-bond acceptors (Lipinski definition) is 10. The Morgan fingerprint density at radius 2 is 2.02 bits per heavy atom. The Morgan fingerprint density at radius 3 is 2.67 bits per heavy atom. The summed E-state index contributed by atoms with van der Waals surface area (Å²) in [4.78, 5) is 40.5. The maximum absolute atomic E-state index is 14.8. The molecule has 1 aromatic carbocycles. The summed E-state index contributed by atoms with van der Waals surface area (Å²) in [5.74, 6) is -1.28. The van der Waals surface area contributed by atoms with Crippen LogP contribution in [0.5, 0.6) is 0 Å². The molecule has 2 saturated heterocycles. The van der Waals surface area contributed by atoms with Gasteiger partial charge in [-0.2, -0.15) is 0 Å². The highest BCUT2D eigenvalue weighted by Crippen LogP contribution is 2.36. The zero-order chi connectivity index (χ0) is 33.4. The van der Waals surface area contributed by atoms with Gasteiger partial charge in [0.25, 0.3) is 10.0 Å². The number of fused-ring (bicyclic) bond motifs is 1. The van der Waals surface area contributed by atoms with E-state index < -0.39 is 39.2 Å². The second kappa shape index (κ2) is 13.1. The number of aliphatic carboxylic acids is 1. The largest absolute Gasteiger partial charge is 0.481 e. The first-order valence-corrected chi connectivity index (χ1v) is 17.6. The lowest BCUT2D eigenvalue weighted by molar-refractivity contribution is -0.147. The third-order valence-electron chi connectivity index (χ3n) is 8.19. The maximum atomic E-state index is 14.8. The van der Waals surface area contributed by atoms with E-state index in [2.05, 4.69) is 19.6 Å². The topological polar surface area (TPSA) is 157 Å². The van der Waals surface area contributed by atoms with Crippen molar-refractivity contribution in [3.05, 3.63) is 63.0 Å². The van der Waals surface area contributed by atoms with Crippen LogP contribution in [0.4, 0.5) is 4.39 Å². The van der Waals surface area contributed by atoms with Crippen LogP contribution in [-0.4, -0.2) is 115 Å². The molecule has 0 radical (unpaired) electrons. The summed E-state index contributed by atoms with van der Waals surface area (Å²) in [7, 11) is -3.76. The smallest absolute Gasteiger partial charge is 0.338 e. The molecular formula is C30H38FN7O6S2. The number of thiazole rings is 1. The van der Waals surface area contributed by atoms with Crippen molar-refractivity contribution in [1.29, 1.82) is 0 Å². The molecule has 2 atom stereocenters. The molecule has 13 nitrogen and oxygen atoms in total. The van der Waals surface area contributed by atoms with E-state index in [0.717, 1.165) is 6.26 Å². The number of halogens is 1. The van der Waals surface area contributed by atoms with E-state index in [1.54, 1.807) is 50.9 Å². The first-order valence-electron chi connectivity index (χ1n) is 14.9. The zero-order valence-electron chi connectivity index (χ0n) is 26.4. The molecular weight excluding hydrogens is 638 g/mol. The van der Waals surface area contributed by atoms with Crippen LogP contribution in [0.2, 0.25) is 0 Å². The molecule has 1 unspecified atom stereocenters. The number of aliphatic imine (C=N–C) groups is 1. The first kappa shape index (κ1) is 33.5. The second-order valence-electron chi connectivity index (χ2n) is 12.2. The quantitative estimate of drug-likeness (QED) is 0.356. The highest BCUT2D eigenvalue weighted by Gasteiger charge is 2.44.